The highest BCUT2D eigenvalue weighted by atomic mass is 16.6. The molecule has 1 aliphatic heterocycles. The van der Waals surface area contributed by atoms with Crippen LogP contribution in [0.15, 0.2) is 36.4 Å². The molecule has 5 rings (SSSR count). The maximum atomic E-state index is 11.4. The number of nitrogens with one attached hydrogen (secondary N) is 2. The van der Waals surface area contributed by atoms with Crippen molar-refractivity contribution in [3.8, 4) is 11.5 Å². The molecule has 1 aliphatic rings. The average Bonchev–Trinajstić information content (AvgIpc) is 3.31. The Kier molecular flexibility index (Phi) is 3.76. The molecule has 1 saturated heterocycles. The van der Waals surface area contributed by atoms with Crippen LogP contribution < -0.4 is 4.90 Å². The van der Waals surface area contributed by atoms with Crippen molar-refractivity contribution >= 4 is 33.3 Å². The predicted octanol–water partition coefficient (Wildman–Crippen LogP) is 2.77. The predicted molar refractivity (Wildman–Crippen MR) is 108 cm³/mol. The highest BCUT2D eigenvalue weighted by Gasteiger charge is 2.22. The molecule has 142 valence electrons. The number of piperazine rings is 1. The lowest BCUT2D eigenvalue weighted by molar-refractivity contribution is -0.383. The fraction of sp³-hybridized carbons (Fsp3) is 0.263. The summed E-state index contributed by atoms with van der Waals surface area (Å²) in [5.41, 5.74) is 3.93. The molecule has 2 aromatic carbocycles. The molecule has 0 aliphatic carbocycles. The first-order valence-electron chi connectivity index (χ1n) is 9.15. The number of rotatable bonds is 3. The molecule has 28 heavy (non-hydrogen) atoms. The average molecular weight is 377 g/mol. The number of non-ortho nitro benzene ring substituents is 1. The van der Waals surface area contributed by atoms with E-state index in [9.17, 15) is 10.1 Å². The van der Waals surface area contributed by atoms with Crippen LogP contribution >= 0.6 is 0 Å². The minimum atomic E-state index is -0.393. The van der Waals surface area contributed by atoms with E-state index in [2.05, 4.69) is 49.1 Å². The van der Waals surface area contributed by atoms with Crippen LogP contribution in [0.25, 0.3) is 33.5 Å². The van der Waals surface area contributed by atoms with E-state index in [1.807, 2.05) is 6.07 Å². The Morgan fingerprint density at radius 1 is 1.11 bits per heavy atom. The molecule has 0 unspecified atom stereocenters. The summed E-state index contributed by atoms with van der Waals surface area (Å²) in [4.78, 5) is 23.6. The van der Waals surface area contributed by atoms with Gasteiger partial charge in [0.25, 0.3) is 5.69 Å². The van der Waals surface area contributed by atoms with Gasteiger partial charge in [-0.2, -0.15) is 5.10 Å². The number of benzene rings is 2. The van der Waals surface area contributed by atoms with Crippen LogP contribution in [0.2, 0.25) is 0 Å². The number of nitro groups is 1. The molecule has 0 amide bonds. The maximum absolute atomic E-state index is 11.4. The fourth-order valence-corrected chi connectivity index (χ4v) is 3.75. The van der Waals surface area contributed by atoms with E-state index < -0.39 is 4.92 Å². The van der Waals surface area contributed by atoms with Gasteiger partial charge in [0.2, 0.25) is 0 Å². The number of aromatic nitrogens is 4. The molecule has 0 bridgehead atoms. The zero-order valence-electron chi connectivity index (χ0n) is 15.3. The van der Waals surface area contributed by atoms with Gasteiger partial charge in [0, 0.05) is 37.9 Å². The third-order valence-electron chi connectivity index (χ3n) is 5.32. The first-order chi connectivity index (χ1) is 13.6. The summed E-state index contributed by atoms with van der Waals surface area (Å²) in [7, 11) is 2.13. The van der Waals surface area contributed by atoms with E-state index in [4.69, 9.17) is 0 Å². The highest BCUT2D eigenvalue weighted by Crippen LogP contribution is 2.33. The Bertz CT molecular complexity index is 1190. The van der Waals surface area contributed by atoms with E-state index in [1.165, 1.54) is 6.07 Å². The van der Waals surface area contributed by atoms with Gasteiger partial charge >= 0.3 is 0 Å². The lowest BCUT2D eigenvalue weighted by atomic mass is 10.1. The summed E-state index contributed by atoms with van der Waals surface area (Å²) in [6, 6.07) is 11.0. The largest absolute Gasteiger partial charge is 0.369 e. The lowest BCUT2D eigenvalue weighted by Crippen LogP contribution is -2.44. The quantitative estimate of drug-likeness (QED) is 0.420. The van der Waals surface area contributed by atoms with E-state index in [0.29, 0.717) is 22.4 Å². The number of nitro benzene ring substituents is 1. The second-order valence-electron chi connectivity index (χ2n) is 7.11. The SMILES string of the molecule is CN1CCN(c2ccc3nc(-c4n[nH]c5cccc([N+](=O)[O-])c45)[nH]c3c2)CC1. The van der Waals surface area contributed by atoms with Crippen LogP contribution in [0.5, 0.6) is 0 Å². The van der Waals surface area contributed by atoms with Crippen LogP contribution in [-0.2, 0) is 0 Å². The third kappa shape index (κ3) is 2.67. The number of imidazole rings is 1. The Labute approximate surface area is 160 Å². The Morgan fingerprint density at radius 3 is 2.71 bits per heavy atom. The summed E-state index contributed by atoms with van der Waals surface area (Å²) in [6.07, 6.45) is 0. The number of fused-ring (bicyclic) bond motifs is 2. The van der Waals surface area contributed by atoms with Crippen molar-refractivity contribution < 1.29 is 4.92 Å². The van der Waals surface area contributed by atoms with Gasteiger partial charge in [0.1, 0.15) is 11.1 Å². The van der Waals surface area contributed by atoms with Gasteiger partial charge < -0.3 is 14.8 Å². The fourth-order valence-electron chi connectivity index (χ4n) is 3.75. The topological polar surface area (TPSA) is 107 Å². The van der Waals surface area contributed by atoms with Crippen molar-refractivity contribution in [2.45, 2.75) is 0 Å². The third-order valence-corrected chi connectivity index (χ3v) is 5.32. The molecule has 2 aromatic heterocycles. The molecule has 9 nitrogen and oxygen atoms in total. The van der Waals surface area contributed by atoms with E-state index in [0.717, 1.165) is 42.9 Å². The van der Waals surface area contributed by atoms with Crippen molar-refractivity contribution in [1.82, 2.24) is 25.1 Å². The molecule has 0 atom stereocenters. The number of aromatic amines is 2. The molecule has 2 N–H and O–H groups in total. The summed E-state index contributed by atoms with van der Waals surface area (Å²) in [5, 5.41) is 19.1. The number of hydrogen-bond donors (Lipinski definition) is 2. The van der Waals surface area contributed by atoms with Crippen molar-refractivity contribution in [2.24, 2.45) is 0 Å². The smallest absolute Gasteiger partial charge is 0.281 e. The summed E-state index contributed by atoms with van der Waals surface area (Å²) >= 11 is 0. The first kappa shape index (κ1) is 16.7. The number of likely N-dealkylation sites (N-methyl/N-ethyl adjacent to an activating group) is 1. The molecule has 9 heteroatoms. The Morgan fingerprint density at radius 2 is 1.93 bits per heavy atom. The molecule has 1 fully saturated rings. The normalized spacial score (nSPS) is 15.5. The van der Waals surface area contributed by atoms with Crippen LogP contribution in [0.1, 0.15) is 0 Å². The van der Waals surface area contributed by atoms with Crippen LogP contribution in [0.4, 0.5) is 11.4 Å². The molecule has 0 saturated carbocycles. The number of H-pyrrole nitrogens is 2. The number of anilines is 1. The lowest BCUT2D eigenvalue weighted by Gasteiger charge is -2.34. The van der Waals surface area contributed by atoms with E-state index in [1.54, 1.807) is 12.1 Å². The second-order valence-corrected chi connectivity index (χ2v) is 7.11. The van der Waals surface area contributed by atoms with E-state index in [-0.39, 0.29) is 5.69 Å². The number of nitrogens with zero attached hydrogens (tertiary/aromatic N) is 5. The van der Waals surface area contributed by atoms with Gasteiger partial charge in [-0.15, -0.1) is 0 Å². The minimum Gasteiger partial charge on any atom is -0.369 e. The van der Waals surface area contributed by atoms with Crippen molar-refractivity contribution in [3.05, 3.63) is 46.5 Å². The molecule has 4 aromatic rings. The zero-order chi connectivity index (χ0) is 19.3. The molecule has 3 heterocycles. The van der Waals surface area contributed by atoms with Crippen molar-refractivity contribution in [2.75, 3.05) is 38.1 Å². The van der Waals surface area contributed by atoms with Crippen LogP contribution in [0, 0.1) is 10.1 Å². The highest BCUT2D eigenvalue weighted by molar-refractivity contribution is 5.99. The summed E-state index contributed by atoms with van der Waals surface area (Å²) in [6.45, 7) is 4.04. The van der Waals surface area contributed by atoms with Crippen LogP contribution in [0.3, 0.4) is 0 Å². The van der Waals surface area contributed by atoms with Crippen LogP contribution in [-0.4, -0.2) is 63.2 Å². The van der Waals surface area contributed by atoms with Crippen molar-refractivity contribution in [3.63, 3.8) is 0 Å². The second kappa shape index (κ2) is 6.31. The van der Waals surface area contributed by atoms with Gasteiger partial charge in [-0.05, 0) is 31.3 Å². The zero-order valence-corrected chi connectivity index (χ0v) is 15.3. The summed E-state index contributed by atoms with van der Waals surface area (Å²) in [5.74, 6) is 0.520. The monoisotopic (exact) mass is 377 g/mol. The van der Waals surface area contributed by atoms with Gasteiger partial charge in [-0.1, -0.05) is 6.07 Å². The Balaban J connectivity index is 1.57. The Hall–Kier alpha value is -3.46. The minimum absolute atomic E-state index is 0.0137. The summed E-state index contributed by atoms with van der Waals surface area (Å²) < 4.78 is 0. The maximum Gasteiger partial charge on any atom is 0.281 e. The molecule has 0 radical (unpaired) electrons. The van der Waals surface area contributed by atoms with E-state index >= 15 is 0 Å². The molecular formula is C19H19N7O2. The molecule has 0 spiro atoms. The first-order valence-corrected chi connectivity index (χ1v) is 9.15. The van der Waals surface area contributed by atoms with Gasteiger partial charge in [-0.25, -0.2) is 4.98 Å². The molecular weight excluding hydrogens is 358 g/mol. The van der Waals surface area contributed by atoms with Gasteiger partial charge in [0.05, 0.1) is 21.5 Å². The number of hydrogen-bond acceptors (Lipinski definition) is 6. The van der Waals surface area contributed by atoms with Crippen molar-refractivity contribution in [1.29, 1.82) is 0 Å². The van der Waals surface area contributed by atoms with Gasteiger partial charge in [-0.3, -0.25) is 15.2 Å². The standard InChI is InChI=1S/C19H19N7O2/c1-24-7-9-25(10-8-24)12-5-6-13-15(11-12)21-19(20-13)18-17-14(22-23-18)3-2-4-16(17)26(27)28/h2-6,11H,7-10H2,1H3,(H,20,21)(H,22,23). The van der Waals surface area contributed by atoms with Gasteiger partial charge in [0.15, 0.2) is 5.82 Å².